The fourth-order valence-corrected chi connectivity index (χ4v) is 1.38. The number of nitro groups is 1. The Balaban J connectivity index is 2.71. The first-order valence-electron chi connectivity index (χ1n) is 5.36. The smallest absolute Gasteiger partial charge is 0.323 e. The molecule has 4 N–H and O–H groups in total. The fraction of sp³-hybridized carbons (Fsp3) is 0.500. The monoisotopic (exact) mass is 256 g/mol. The Morgan fingerprint density at radius 3 is 2.72 bits per heavy atom. The van der Waals surface area contributed by atoms with Gasteiger partial charge in [-0.1, -0.05) is 0 Å². The molecule has 0 fully saturated rings. The molecule has 0 aromatic carbocycles. The molecule has 1 rings (SSSR count). The van der Waals surface area contributed by atoms with Gasteiger partial charge < -0.3 is 26.3 Å². The number of nitrogens with two attached hydrogens (primary N) is 1. The van der Waals surface area contributed by atoms with Gasteiger partial charge in [0.2, 0.25) is 0 Å². The van der Waals surface area contributed by atoms with E-state index in [1.54, 1.807) is 0 Å². The van der Waals surface area contributed by atoms with Gasteiger partial charge in [0.15, 0.2) is 5.69 Å². The topological polar surface area (TPSA) is 123 Å². The average Bonchev–Trinajstić information content (AvgIpc) is 2.67. The molecule has 2 unspecified atom stereocenters. The molecule has 1 aromatic heterocycles. The van der Waals surface area contributed by atoms with Crippen LogP contribution in [0.15, 0.2) is 12.1 Å². The van der Waals surface area contributed by atoms with E-state index in [1.165, 1.54) is 30.7 Å². The van der Waals surface area contributed by atoms with Crippen molar-refractivity contribution in [2.24, 2.45) is 12.8 Å². The van der Waals surface area contributed by atoms with E-state index >= 15 is 0 Å². The highest BCUT2D eigenvalue weighted by atomic mass is 16.6. The first kappa shape index (κ1) is 14.1. The molecule has 0 saturated heterocycles. The van der Waals surface area contributed by atoms with Crippen LogP contribution in [0.3, 0.4) is 0 Å². The second kappa shape index (κ2) is 5.61. The number of carbonyl (C=O) groups is 1. The summed E-state index contributed by atoms with van der Waals surface area (Å²) in [5.41, 5.74) is 5.72. The van der Waals surface area contributed by atoms with E-state index in [4.69, 9.17) is 10.8 Å². The third kappa shape index (κ3) is 3.05. The minimum absolute atomic E-state index is 0.0927. The van der Waals surface area contributed by atoms with E-state index in [9.17, 15) is 14.9 Å². The number of hydrogen-bond donors (Lipinski definition) is 3. The number of aliphatic hydroxyl groups excluding tert-OH is 1. The predicted octanol–water partition coefficient (Wildman–Crippen LogP) is -0.629. The molecule has 0 aliphatic rings. The summed E-state index contributed by atoms with van der Waals surface area (Å²) in [6.45, 7) is 1.61. The van der Waals surface area contributed by atoms with Crippen LogP contribution in [0.5, 0.6) is 0 Å². The molecule has 1 heterocycles. The number of aromatic nitrogens is 1. The molecular weight excluding hydrogens is 240 g/mol. The van der Waals surface area contributed by atoms with E-state index in [1.807, 2.05) is 0 Å². The van der Waals surface area contributed by atoms with Gasteiger partial charge in [-0.2, -0.15) is 0 Å². The van der Waals surface area contributed by atoms with Gasteiger partial charge in [0.1, 0.15) is 0 Å². The fourth-order valence-electron chi connectivity index (χ4n) is 1.38. The van der Waals surface area contributed by atoms with Crippen LogP contribution >= 0.6 is 0 Å². The summed E-state index contributed by atoms with van der Waals surface area (Å²) in [5.74, 6) is -0.637. The Hall–Kier alpha value is -1.93. The molecule has 0 spiro atoms. The zero-order chi connectivity index (χ0) is 13.9. The number of nitrogens with one attached hydrogen (secondary N) is 1. The van der Waals surface area contributed by atoms with Crippen molar-refractivity contribution < 1.29 is 14.8 Å². The number of hydrogen-bond acceptors (Lipinski definition) is 5. The first-order chi connectivity index (χ1) is 8.34. The molecule has 18 heavy (non-hydrogen) atoms. The number of nitrogens with zero attached hydrogens (tertiary/aromatic N) is 2. The van der Waals surface area contributed by atoms with Crippen molar-refractivity contribution in [1.82, 2.24) is 9.88 Å². The van der Waals surface area contributed by atoms with Crippen LogP contribution in [0.1, 0.15) is 17.4 Å². The van der Waals surface area contributed by atoms with Gasteiger partial charge in [-0.25, -0.2) is 4.57 Å². The van der Waals surface area contributed by atoms with Crippen molar-refractivity contribution >= 4 is 11.7 Å². The van der Waals surface area contributed by atoms with Crippen LogP contribution in [0.4, 0.5) is 5.82 Å². The van der Waals surface area contributed by atoms with Crippen molar-refractivity contribution in [2.75, 3.05) is 6.54 Å². The second-order valence-electron chi connectivity index (χ2n) is 4.01. The Kier molecular flexibility index (Phi) is 4.40. The summed E-state index contributed by atoms with van der Waals surface area (Å²) in [5, 5.41) is 22.3. The lowest BCUT2D eigenvalue weighted by atomic mass is 10.2. The van der Waals surface area contributed by atoms with Gasteiger partial charge in [-0.3, -0.25) is 4.79 Å². The molecule has 0 radical (unpaired) electrons. The molecule has 0 aliphatic carbocycles. The van der Waals surface area contributed by atoms with Gasteiger partial charge in [0.25, 0.3) is 5.91 Å². The molecule has 8 heteroatoms. The number of aliphatic hydroxyl groups is 1. The van der Waals surface area contributed by atoms with Gasteiger partial charge in [-0.05, 0) is 17.9 Å². The number of carbonyl (C=O) groups excluding carboxylic acids is 1. The highest BCUT2D eigenvalue weighted by molar-refractivity contribution is 5.93. The lowest BCUT2D eigenvalue weighted by Crippen LogP contribution is -2.43. The Bertz CT molecular complexity index is 455. The van der Waals surface area contributed by atoms with Gasteiger partial charge in [0, 0.05) is 18.7 Å². The lowest BCUT2D eigenvalue weighted by molar-refractivity contribution is -0.391. The average molecular weight is 256 g/mol. The van der Waals surface area contributed by atoms with Crippen LogP contribution < -0.4 is 11.1 Å². The molecule has 0 bridgehead atoms. The van der Waals surface area contributed by atoms with E-state index in [-0.39, 0.29) is 18.1 Å². The number of amides is 1. The highest BCUT2D eigenvalue weighted by Gasteiger charge is 2.21. The van der Waals surface area contributed by atoms with Crippen LogP contribution in [0.2, 0.25) is 0 Å². The van der Waals surface area contributed by atoms with Crippen molar-refractivity contribution in [3.8, 4) is 0 Å². The van der Waals surface area contributed by atoms with Crippen LogP contribution in [-0.4, -0.2) is 39.2 Å². The summed E-state index contributed by atoms with van der Waals surface area (Å²) in [6.07, 6.45) is -0.743. The van der Waals surface area contributed by atoms with Gasteiger partial charge in [0.05, 0.1) is 13.2 Å². The molecule has 100 valence electrons. The maximum absolute atomic E-state index is 11.7. The van der Waals surface area contributed by atoms with Crippen molar-refractivity contribution in [3.05, 3.63) is 27.9 Å². The van der Waals surface area contributed by atoms with Crippen LogP contribution in [0.25, 0.3) is 0 Å². The zero-order valence-corrected chi connectivity index (χ0v) is 10.2. The molecule has 2 atom stereocenters. The molecule has 8 nitrogen and oxygen atoms in total. The van der Waals surface area contributed by atoms with Crippen molar-refractivity contribution in [1.29, 1.82) is 0 Å². The molecular formula is C10H16N4O4. The Morgan fingerprint density at radius 1 is 1.67 bits per heavy atom. The Labute approximate surface area is 104 Å². The van der Waals surface area contributed by atoms with E-state index in [0.29, 0.717) is 0 Å². The van der Waals surface area contributed by atoms with Crippen LogP contribution in [0, 0.1) is 10.1 Å². The van der Waals surface area contributed by atoms with Gasteiger partial charge in [-0.15, -0.1) is 0 Å². The minimum atomic E-state index is -0.743. The van der Waals surface area contributed by atoms with E-state index in [2.05, 4.69) is 5.32 Å². The standard InChI is InChI=1S/C10H16N4O4/c1-6(15)7(11)5-12-10(16)8-3-4-9(13(8)2)14(17)18/h3-4,6-7,15H,5,11H2,1-2H3,(H,12,16). The van der Waals surface area contributed by atoms with Crippen molar-refractivity contribution in [3.63, 3.8) is 0 Å². The molecule has 1 amide bonds. The van der Waals surface area contributed by atoms with E-state index < -0.39 is 23.0 Å². The summed E-state index contributed by atoms with van der Waals surface area (Å²) in [6, 6.07) is 2.04. The molecule has 1 aromatic rings. The third-order valence-electron chi connectivity index (χ3n) is 2.63. The summed E-state index contributed by atoms with van der Waals surface area (Å²) in [4.78, 5) is 21.8. The van der Waals surface area contributed by atoms with E-state index in [0.717, 1.165) is 0 Å². The first-order valence-corrected chi connectivity index (χ1v) is 5.36. The third-order valence-corrected chi connectivity index (χ3v) is 2.63. The largest absolute Gasteiger partial charge is 0.392 e. The van der Waals surface area contributed by atoms with Crippen LogP contribution in [-0.2, 0) is 7.05 Å². The predicted molar refractivity (Wildman–Crippen MR) is 64.1 cm³/mol. The minimum Gasteiger partial charge on any atom is -0.392 e. The molecule has 0 saturated carbocycles. The zero-order valence-electron chi connectivity index (χ0n) is 10.2. The lowest BCUT2D eigenvalue weighted by Gasteiger charge is -2.14. The normalized spacial score (nSPS) is 14.0. The van der Waals surface area contributed by atoms with Gasteiger partial charge >= 0.3 is 5.82 Å². The Morgan fingerprint density at radius 2 is 2.28 bits per heavy atom. The maximum Gasteiger partial charge on any atom is 0.323 e. The summed E-state index contributed by atoms with van der Waals surface area (Å²) >= 11 is 0. The SMILES string of the molecule is CC(O)C(N)CNC(=O)c1ccc([N+](=O)[O-])n1C. The summed E-state index contributed by atoms with van der Waals surface area (Å²) < 4.78 is 1.18. The summed E-state index contributed by atoms with van der Waals surface area (Å²) in [7, 11) is 1.43. The highest BCUT2D eigenvalue weighted by Crippen LogP contribution is 2.14. The van der Waals surface area contributed by atoms with Crippen molar-refractivity contribution in [2.45, 2.75) is 19.1 Å². The quantitative estimate of drug-likeness (QED) is 0.478. The number of rotatable bonds is 5. The maximum atomic E-state index is 11.7. The molecule has 0 aliphatic heterocycles. The second-order valence-corrected chi connectivity index (χ2v) is 4.01.